The van der Waals surface area contributed by atoms with Crippen LogP contribution in [0.5, 0.6) is 11.5 Å². The first-order valence-electron chi connectivity index (χ1n) is 16.0. The Balaban J connectivity index is 1.59. The van der Waals surface area contributed by atoms with Gasteiger partial charge in [-0.3, -0.25) is 19.0 Å². The van der Waals surface area contributed by atoms with E-state index < -0.39 is 66.5 Å². The number of carbonyl (C=O) groups is 3. The second-order valence-corrected chi connectivity index (χ2v) is 11.6. The average molecular weight is 702 g/mol. The molecule has 0 saturated carbocycles. The van der Waals surface area contributed by atoms with Crippen LogP contribution in [0.15, 0.2) is 95.9 Å². The molecular weight excluding hydrogens is 662 g/mol. The lowest BCUT2D eigenvalue weighted by Crippen LogP contribution is -2.42. The van der Waals surface area contributed by atoms with Gasteiger partial charge >= 0.3 is 17.6 Å². The summed E-state index contributed by atoms with van der Waals surface area (Å²) in [7, 11) is 4.52. The number of rotatable bonds is 15. The number of methoxy groups -OCH3 is 3. The van der Waals surface area contributed by atoms with Gasteiger partial charge in [0.2, 0.25) is 5.91 Å². The first-order chi connectivity index (χ1) is 24.6. The second-order valence-electron chi connectivity index (χ2n) is 11.6. The molecule has 14 heteroatoms. The number of benzene rings is 3. The quantitative estimate of drug-likeness (QED) is 0.135. The Kier molecular flexibility index (Phi) is 11.8. The van der Waals surface area contributed by atoms with E-state index in [1.165, 1.54) is 26.3 Å². The number of nitrogens with one attached hydrogen (secondary N) is 1. The molecule has 0 bridgehead atoms. The first kappa shape index (κ1) is 36.7. The van der Waals surface area contributed by atoms with Gasteiger partial charge in [-0.05, 0) is 47.0 Å². The van der Waals surface area contributed by atoms with E-state index in [4.69, 9.17) is 28.4 Å². The summed E-state index contributed by atoms with van der Waals surface area (Å²) in [6.45, 7) is 1.09. The highest BCUT2D eigenvalue weighted by molar-refractivity contribution is 5.87. The molecule has 4 atom stereocenters. The predicted octanol–water partition coefficient (Wildman–Crippen LogP) is 3.92. The fourth-order valence-corrected chi connectivity index (χ4v) is 6.02. The van der Waals surface area contributed by atoms with E-state index >= 15 is 0 Å². The lowest BCUT2D eigenvalue weighted by atomic mass is 9.80. The molecule has 1 aromatic heterocycles. The molecule has 2 heterocycles. The molecule has 1 aliphatic rings. The van der Waals surface area contributed by atoms with E-state index in [1.807, 2.05) is 78.9 Å². The molecule has 0 aliphatic carbocycles. The van der Waals surface area contributed by atoms with Crippen LogP contribution in [-0.2, 0) is 38.9 Å². The highest BCUT2D eigenvalue weighted by Crippen LogP contribution is 2.43. The minimum absolute atomic E-state index is 0.0406. The van der Waals surface area contributed by atoms with Crippen LogP contribution in [0.25, 0.3) is 0 Å². The zero-order valence-electron chi connectivity index (χ0n) is 28.5. The van der Waals surface area contributed by atoms with E-state index in [9.17, 15) is 24.3 Å². The van der Waals surface area contributed by atoms with Gasteiger partial charge in [-0.1, -0.05) is 54.6 Å². The molecule has 268 valence electrons. The summed E-state index contributed by atoms with van der Waals surface area (Å²) in [6.07, 6.45) is -3.86. The minimum Gasteiger partial charge on any atom is -0.497 e. The Morgan fingerprint density at radius 1 is 0.843 bits per heavy atom. The number of carboxylic acids is 1. The molecule has 0 unspecified atom stereocenters. The van der Waals surface area contributed by atoms with E-state index in [0.717, 1.165) is 21.3 Å². The van der Waals surface area contributed by atoms with E-state index in [1.54, 1.807) is 14.2 Å². The number of carboxylic acid groups (broad SMARTS) is 1. The van der Waals surface area contributed by atoms with Crippen molar-refractivity contribution in [3.05, 3.63) is 118 Å². The van der Waals surface area contributed by atoms with Gasteiger partial charge in [0.05, 0.1) is 33.7 Å². The van der Waals surface area contributed by atoms with Crippen LogP contribution in [0.4, 0.5) is 5.82 Å². The maximum Gasteiger partial charge on any atom is 0.351 e. The largest absolute Gasteiger partial charge is 0.497 e. The summed E-state index contributed by atoms with van der Waals surface area (Å²) in [4.78, 5) is 52.9. The third-order valence-corrected chi connectivity index (χ3v) is 8.41. The zero-order chi connectivity index (χ0) is 36.5. The van der Waals surface area contributed by atoms with Crippen molar-refractivity contribution >= 4 is 23.7 Å². The van der Waals surface area contributed by atoms with Crippen molar-refractivity contribution in [1.82, 2.24) is 9.55 Å². The number of anilines is 1. The van der Waals surface area contributed by atoms with Gasteiger partial charge < -0.3 is 38.8 Å². The number of carbonyl (C=O) groups excluding carboxylic acids is 2. The molecule has 1 fully saturated rings. The van der Waals surface area contributed by atoms with Gasteiger partial charge in [-0.2, -0.15) is 4.98 Å². The van der Waals surface area contributed by atoms with Gasteiger partial charge in [0, 0.05) is 20.2 Å². The van der Waals surface area contributed by atoms with Crippen LogP contribution >= 0.6 is 0 Å². The summed E-state index contributed by atoms with van der Waals surface area (Å²) in [6, 6.07) is 25.8. The Labute approximate surface area is 293 Å². The van der Waals surface area contributed by atoms with Gasteiger partial charge in [0.25, 0.3) is 0 Å². The molecule has 3 aromatic carbocycles. The summed E-state index contributed by atoms with van der Waals surface area (Å²) < 4.78 is 37.1. The van der Waals surface area contributed by atoms with Crippen LogP contribution in [0.1, 0.15) is 42.7 Å². The monoisotopic (exact) mass is 701 g/mol. The number of ether oxygens (including phenoxy) is 6. The second kappa shape index (κ2) is 16.4. The van der Waals surface area contributed by atoms with E-state index in [2.05, 4.69) is 10.3 Å². The molecule has 4 aromatic rings. The predicted molar refractivity (Wildman–Crippen MR) is 183 cm³/mol. The number of hydrogen-bond acceptors (Lipinski definition) is 11. The van der Waals surface area contributed by atoms with Crippen molar-refractivity contribution in [2.45, 2.75) is 49.9 Å². The number of aromatic nitrogens is 2. The van der Waals surface area contributed by atoms with Crippen LogP contribution < -0.4 is 20.5 Å². The fraction of sp³-hybridized carbons (Fsp3) is 0.324. The van der Waals surface area contributed by atoms with Crippen molar-refractivity contribution in [1.29, 1.82) is 0 Å². The summed E-state index contributed by atoms with van der Waals surface area (Å²) in [5.74, 6) is -1.06. The summed E-state index contributed by atoms with van der Waals surface area (Å²) in [5.41, 5.74) is 0.214. The molecule has 1 amide bonds. The molecule has 0 spiro atoms. The number of amides is 1. The van der Waals surface area contributed by atoms with E-state index in [-0.39, 0.29) is 12.4 Å². The van der Waals surface area contributed by atoms with Crippen LogP contribution in [0.2, 0.25) is 0 Å². The third kappa shape index (κ3) is 8.26. The number of nitrogens with zero attached hydrogens (tertiary/aromatic N) is 2. The van der Waals surface area contributed by atoms with Crippen LogP contribution in [0.3, 0.4) is 0 Å². The van der Waals surface area contributed by atoms with Crippen molar-refractivity contribution in [2.24, 2.45) is 0 Å². The Hall–Kier alpha value is -5.57. The molecular formula is C37H39N3O11. The zero-order valence-corrected chi connectivity index (χ0v) is 28.5. The molecule has 1 aliphatic heterocycles. The van der Waals surface area contributed by atoms with Crippen molar-refractivity contribution in [3.8, 4) is 11.5 Å². The van der Waals surface area contributed by atoms with E-state index in [0.29, 0.717) is 11.5 Å². The number of esters is 1. The normalized spacial score (nSPS) is 18.5. The fourth-order valence-electron chi connectivity index (χ4n) is 6.02. The Morgan fingerprint density at radius 2 is 1.43 bits per heavy atom. The van der Waals surface area contributed by atoms with Gasteiger partial charge in [0.15, 0.2) is 12.3 Å². The van der Waals surface area contributed by atoms with Crippen molar-refractivity contribution in [3.63, 3.8) is 0 Å². The lowest BCUT2D eigenvalue weighted by Gasteiger charge is -2.37. The SMILES string of the molecule is COc1ccc(C(OC[C@H]2O[C@@H](n3ccc(NC(C)=O)nc3=O)[C@H](OC)[C@@H]2OC(=O)CCC(=O)O)(c2ccccc2)c2ccc(OC)cc2)cc1. The van der Waals surface area contributed by atoms with Gasteiger partial charge in [-0.15, -0.1) is 0 Å². The average Bonchev–Trinajstić information content (AvgIpc) is 3.47. The molecule has 51 heavy (non-hydrogen) atoms. The highest BCUT2D eigenvalue weighted by Gasteiger charge is 2.50. The molecule has 14 nitrogen and oxygen atoms in total. The lowest BCUT2D eigenvalue weighted by molar-refractivity contribution is -0.161. The molecule has 0 radical (unpaired) electrons. The van der Waals surface area contributed by atoms with Crippen molar-refractivity contribution in [2.75, 3.05) is 33.3 Å². The summed E-state index contributed by atoms with van der Waals surface area (Å²) in [5, 5.41) is 11.6. The third-order valence-electron chi connectivity index (χ3n) is 8.41. The maximum atomic E-state index is 13.2. The molecule has 1 saturated heterocycles. The molecule has 5 rings (SSSR count). The van der Waals surface area contributed by atoms with Gasteiger partial charge in [-0.25, -0.2) is 4.79 Å². The highest BCUT2D eigenvalue weighted by atomic mass is 16.6. The maximum absolute atomic E-state index is 13.2. The number of hydrogen-bond donors (Lipinski definition) is 2. The minimum atomic E-state index is -1.26. The Morgan fingerprint density at radius 3 is 1.94 bits per heavy atom. The van der Waals surface area contributed by atoms with Crippen LogP contribution in [0, 0.1) is 0 Å². The summed E-state index contributed by atoms with van der Waals surface area (Å²) >= 11 is 0. The number of aliphatic carboxylic acids is 1. The molecule has 2 N–H and O–H groups in total. The van der Waals surface area contributed by atoms with Crippen LogP contribution in [-0.4, -0.2) is 78.8 Å². The van der Waals surface area contributed by atoms with Gasteiger partial charge in [0.1, 0.15) is 35.1 Å². The topological polar surface area (TPSA) is 174 Å². The standard InChI is InChI=1S/C37H39N3O11/c1-23(41)38-30-20-21-40(36(45)39-30)35-34(48-4)33(51-32(44)19-18-31(42)43)29(50-35)22-49-37(24-8-6-5-7-9-24,25-10-14-27(46-2)15-11-25)26-12-16-28(47-3)17-13-26/h5-17,20-21,29,33-35H,18-19,22H2,1-4H3,(H,42,43)(H,38,39,41,45)/t29-,33-,34-,35-/m1/s1. The smallest absolute Gasteiger partial charge is 0.351 e. The first-order valence-corrected chi connectivity index (χ1v) is 16.0. The van der Waals surface area contributed by atoms with Crippen molar-refractivity contribution < 1.29 is 47.9 Å². The Bertz CT molecular complexity index is 1820.